The molecule has 0 N–H and O–H groups in total. The van der Waals surface area contributed by atoms with Crippen LogP contribution in [-0.2, 0) is 4.74 Å². The molecule has 1 atom stereocenters. The zero-order chi connectivity index (χ0) is 16.7. The first-order chi connectivity index (χ1) is 11.6. The van der Waals surface area contributed by atoms with Gasteiger partial charge in [-0.15, -0.1) is 0 Å². The van der Waals surface area contributed by atoms with Crippen LogP contribution in [0.4, 0.5) is 4.79 Å². The van der Waals surface area contributed by atoms with Gasteiger partial charge in [0.2, 0.25) is 0 Å². The molecule has 2 amide bonds. The molecule has 0 radical (unpaired) electrons. The summed E-state index contributed by atoms with van der Waals surface area (Å²) >= 11 is 0. The van der Waals surface area contributed by atoms with Gasteiger partial charge >= 0.3 is 6.09 Å². The maximum Gasteiger partial charge on any atom is 0.410 e. The Morgan fingerprint density at radius 2 is 2.00 bits per heavy atom. The number of benzene rings is 1. The highest BCUT2D eigenvalue weighted by Crippen LogP contribution is 2.29. The normalized spacial score (nSPS) is 20.0. The number of furan rings is 1. The molecular formula is C18H18N2O4. The molecule has 3 heterocycles. The molecule has 6 heteroatoms. The topological polar surface area (TPSA) is 63.0 Å². The van der Waals surface area contributed by atoms with Crippen molar-refractivity contribution in [3.8, 4) is 11.3 Å². The number of hydrogen-bond acceptors (Lipinski definition) is 4. The van der Waals surface area contributed by atoms with Gasteiger partial charge < -0.3 is 14.1 Å². The van der Waals surface area contributed by atoms with Crippen molar-refractivity contribution in [3.63, 3.8) is 0 Å². The Morgan fingerprint density at radius 3 is 2.79 bits per heavy atom. The van der Waals surface area contributed by atoms with Gasteiger partial charge in [0.05, 0.1) is 11.6 Å². The molecule has 2 saturated heterocycles. The predicted molar refractivity (Wildman–Crippen MR) is 86.6 cm³/mol. The standard InChI is InChI=1S/C18H18N2O4/c1-12-9-15(16(24-12)13-5-3-2-4-6-13)17(21)19-7-8-20-14(10-19)11-23-18(20)22/h2-6,9,14H,7-8,10-11H2,1H3. The van der Waals surface area contributed by atoms with Gasteiger partial charge in [0.25, 0.3) is 5.91 Å². The van der Waals surface area contributed by atoms with Crippen LogP contribution in [0.5, 0.6) is 0 Å². The number of carbonyl (C=O) groups is 2. The van der Waals surface area contributed by atoms with E-state index in [0.29, 0.717) is 43.3 Å². The highest BCUT2D eigenvalue weighted by atomic mass is 16.6. The first-order valence-corrected chi connectivity index (χ1v) is 8.02. The summed E-state index contributed by atoms with van der Waals surface area (Å²) in [6, 6.07) is 11.4. The third-order valence-electron chi connectivity index (χ3n) is 4.53. The van der Waals surface area contributed by atoms with E-state index in [-0.39, 0.29) is 18.0 Å². The summed E-state index contributed by atoms with van der Waals surface area (Å²) in [4.78, 5) is 28.1. The van der Waals surface area contributed by atoms with Gasteiger partial charge in [0.15, 0.2) is 0 Å². The zero-order valence-corrected chi connectivity index (χ0v) is 13.4. The van der Waals surface area contributed by atoms with E-state index in [1.165, 1.54) is 0 Å². The number of piperazine rings is 1. The van der Waals surface area contributed by atoms with Crippen molar-refractivity contribution in [2.45, 2.75) is 13.0 Å². The predicted octanol–water partition coefficient (Wildman–Crippen LogP) is 2.53. The molecule has 2 aromatic rings. The maximum atomic E-state index is 13.0. The van der Waals surface area contributed by atoms with Crippen molar-refractivity contribution in [3.05, 3.63) is 47.7 Å². The number of rotatable bonds is 2. The minimum Gasteiger partial charge on any atom is -0.461 e. The fourth-order valence-electron chi connectivity index (χ4n) is 3.32. The van der Waals surface area contributed by atoms with Crippen LogP contribution in [0.2, 0.25) is 0 Å². The third kappa shape index (κ3) is 2.44. The summed E-state index contributed by atoms with van der Waals surface area (Å²) in [5.74, 6) is 1.24. The van der Waals surface area contributed by atoms with Crippen LogP contribution in [0, 0.1) is 6.92 Å². The van der Waals surface area contributed by atoms with Crippen molar-refractivity contribution in [1.82, 2.24) is 9.80 Å². The summed E-state index contributed by atoms with van der Waals surface area (Å²) in [6.45, 7) is 3.68. The van der Waals surface area contributed by atoms with Gasteiger partial charge in [-0.1, -0.05) is 30.3 Å². The number of hydrogen-bond donors (Lipinski definition) is 0. The van der Waals surface area contributed by atoms with E-state index < -0.39 is 0 Å². The number of amides is 2. The molecule has 4 rings (SSSR count). The number of nitrogens with zero attached hydrogens (tertiary/aromatic N) is 2. The molecule has 1 unspecified atom stereocenters. The Kier molecular flexibility index (Phi) is 3.52. The lowest BCUT2D eigenvalue weighted by Crippen LogP contribution is -2.53. The van der Waals surface area contributed by atoms with Crippen LogP contribution < -0.4 is 0 Å². The molecule has 124 valence electrons. The van der Waals surface area contributed by atoms with Crippen LogP contribution in [0.25, 0.3) is 11.3 Å². The van der Waals surface area contributed by atoms with Crippen LogP contribution in [0.3, 0.4) is 0 Å². The van der Waals surface area contributed by atoms with Crippen molar-refractivity contribution in [1.29, 1.82) is 0 Å². The minimum atomic E-state index is -0.281. The van der Waals surface area contributed by atoms with Crippen molar-refractivity contribution < 1.29 is 18.7 Å². The van der Waals surface area contributed by atoms with Crippen LogP contribution in [0.15, 0.2) is 40.8 Å². The number of ether oxygens (including phenoxy) is 1. The van der Waals surface area contributed by atoms with Gasteiger partial charge in [-0.25, -0.2) is 4.79 Å². The first-order valence-electron chi connectivity index (χ1n) is 8.02. The van der Waals surface area contributed by atoms with E-state index in [2.05, 4.69) is 0 Å². The molecule has 0 spiro atoms. The van der Waals surface area contributed by atoms with Crippen LogP contribution in [0.1, 0.15) is 16.1 Å². The molecule has 0 saturated carbocycles. The first kappa shape index (κ1) is 14.8. The summed E-state index contributed by atoms with van der Waals surface area (Å²) in [7, 11) is 0. The molecule has 0 bridgehead atoms. The summed E-state index contributed by atoms with van der Waals surface area (Å²) < 4.78 is 10.8. The van der Waals surface area contributed by atoms with Gasteiger partial charge in [0.1, 0.15) is 18.1 Å². The molecular weight excluding hydrogens is 308 g/mol. The highest BCUT2D eigenvalue weighted by molar-refractivity contribution is 6.00. The average molecular weight is 326 g/mol. The Labute approximate surface area is 139 Å². The Morgan fingerprint density at radius 1 is 1.21 bits per heavy atom. The van der Waals surface area contributed by atoms with E-state index in [1.807, 2.05) is 37.3 Å². The molecule has 2 fully saturated rings. The smallest absolute Gasteiger partial charge is 0.410 e. The molecule has 2 aliphatic rings. The number of carbonyl (C=O) groups excluding carboxylic acids is 2. The third-order valence-corrected chi connectivity index (χ3v) is 4.53. The molecule has 6 nitrogen and oxygen atoms in total. The van der Waals surface area contributed by atoms with Crippen LogP contribution in [-0.4, -0.2) is 54.1 Å². The summed E-state index contributed by atoms with van der Waals surface area (Å²) in [5, 5.41) is 0. The lowest BCUT2D eigenvalue weighted by atomic mass is 10.1. The number of aryl methyl sites for hydroxylation is 1. The quantitative estimate of drug-likeness (QED) is 0.851. The lowest BCUT2D eigenvalue weighted by molar-refractivity contribution is 0.0617. The molecule has 1 aromatic carbocycles. The van der Waals surface area contributed by atoms with E-state index in [9.17, 15) is 9.59 Å². The fraction of sp³-hybridized carbons (Fsp3) is 0.333. The van der Waals surface area contributed by atoms with Gasteiger partial charge in [0, 0.05) is 25.2 Å². The SMILES string of the molecule is Cc1cc(C(=O)N2CCN3C(=O)OCC3C2)c(-c2ccccc2)o1. The Hall–Kier alpha value is -2.76. The Balaban J connectivity index is 1.61. The van der Waals surface area contributed by atoms with E-state index in [1.54, 1.807) is 15.9 Å². The van der Waals surface area contributed by atoms with Gasteiger partial charge in [-0.2, -0.15) is 0 Å². The fourth-order valence-corrected chi connectivity index (χ4v) is 3.32. The summed E-state index contributed by atoms with van der Waals surface area (Å²) in [5.41, 5.74) is 1.45. The monoisotopic (exact) mass is 326 g/mol. The molecule has 1 aromatic heterocycles. The molecule has 0 aliphatic carbocycles. The number of cyclic esters (lactones) is 1. The van der Waals surface area contributed by atoms with Crippen LogP contribution >= 0.6 is 0 Å². The van der Waals surface area contributed by atoms with E-state index >= 15 is 0 Å². The van der Waals surface area contributed by atoms with Gasteiger partial charge in [-0.3, -0.25) is 9.69 Å². The molecule has 24 heavy (non-hydrogen) atoms. The second-order valence-corrected chi connectivity index (χ2v) is 6.14. The Bertz CT molecular complexity index is 784. The highest BCUT2D eigenvalue weighted by Gasteiger charge is 2.39. The minimum absolute atomic E-state index is 0.0524. The van der Waals surface area contributed by atoms with Crippen molar-refractivity contribution in [2.75, 3.05) is 26.2 Å². The second kappa shape index (κ2) is 5.70. The number of fused-ring (bicyclic) bond motifs is 1. The summed E-state index contributed by atoms with van der Waals surface area (Å²) in [6.07, 6.45) is -0.281. The van der Waals surface area contributed by atoms with Gasteiger partial charge in [-0.05, 0) is 13.0 Å². The lowest BCUT2D eigenvalue weighted by Gasteiger charge is -2.35. The van der Waals surface area contributed by atoms with E-state index in [4.69, 9.17) is 9.15 Å². The van der Waals surface area contributed by atoms with E-state index in [0.717, 1.165) is 5.56 Å². The maximum absolute atomic E-state index is 13.0. The van der Waals surface area contributed by atoms with Crippen molar-refractivity contribution >= 4 is 12.0 Å². The molecule has 2 aliphatic heterocycles. The van der Waals surface area contributed by atoms with Crippen molar-refractivity contribution in [2.24, 2.45) is 0 Å². The average Bonchev–Trinajstić information content (AvgIpc) is 3.18. The zero-order valence-electron chi connectivity index (χ0n) is 13.4. The second-order valence-electron chi connectivity index (χ2n) is 6.14. The largest absolute Gasteiger partial charge is 0.461 e.